The Balaban J connectivity index is 2.46. The Bertz CT molecular complexity index is 715. The van der Waals surface area contributed by atoms with Crippen molar-refractivity contribution in [2.75, 3.05) is 6.54 Å². The number of carbonyl (C=O) groups is 1. The number of halogens is 3. The van der Waals surface area contributed by atoms with Crippen LogP contribution in [0.5, 0.6) is 0 Å². The van der Waals surface area contributed by atoms with Crippen LogP contribution in [-0.4, -0.2) is 35.9 Å². The molecule has 0 spiro atoms. The maximum absolute atomic E-state index is 12.8. The third-order valence-corrected chi connectivity index (χ3v) is 6.41. The molecule has 0 saturated carbocycles. The predicted molar refractivity (Wildman–Crippen MR) is 79.8 cm³/mol. The minimum absolute atomic E-state index is 0.0312. The molecule has 2 rings (SSSR count). The van der Waals surface area contributed by atoms with E-state index < -0.39 is 33.3 Å². The van der Waals surface area contributed by atoms with Gasteiger partial charge in [0.15, 0.2) is 0 Å². The van der Waals surface area contributed by atoms with Crippen LogP contribution in [0, 0.1) is 0 Å². The first-order valence-corrected chi connectivity index (χ1v) is 8.93. The summed E-state index contributed by atoms with van der Waals surface area (Å²) in [5.74, 6) is -1.24. The number of piperidine rings is 1. The van der Waals surface area contributed by atoms with Gasteiger partial charge in [-0.2, -0.15) is 17.5 Å². The van der Waals surface area contributed by atoms with Crippen LogP contribution in [0.2, 0.25) is 0 Å². The lowest BCUT2D eigenvalue weighted by Crippen LogP contribution is -2.58. The topological polar surface area (TPSA) is 74.7 Å². The highest BCUT2D eigenvalue weighted by Gasteiger charge is 2.50. The second kappa shape index (κ2) is 6.36. The van der Waals surface area contributed by atoms with Crippen LogP contribution in [0.25, 0.3) is 0 Å². The summed E-state index contributed by atoms with van der Waals surface area (Å²) in [6, 6.07) is 3.11. The van der Waals surface area contributed by atoms with Crippen LogP contribution in [0.1, 0.15) is 38.2 Å². The molecule has 0 bridgehead atoms. The highest BCUT2D eigenvalue weighted by molar-refractivity contribution is 7.89. The molecule has 1 aliphatic rings. The number of aliphatic carboxylic acids is 1. The standard InChI is InChI=1S/C15H18F3NO4S/c1-2-14(13(20)21)9-3-4-10-19(14)24(22,23)12-7-5-11(6-8-12)15(16,17)18/h5-8H,2-4,9-10H2,1H3,(H,20,21). The highest BCUT2D eigenvalue weighted by atomic mass is 32.2. The number of sulfonamides is 1. The van der Waals surface area contributed by atoms with Gasteiger partial charge in [-0.05, 0) is 49.9 Å². The SMILES string of the molecule is CCC1(C(=O)O)CCCCN1S(=O)(=O)c1ccc(C(F)(F)F)cc1. The molecule has 1 aliphatic heterocycles. The first-order chi connectivity index (χ1) is 11.1. The quantitative estimate of drug-likeness (QED) is 0.890. The van der Waals surface area contributed by atoms with Gasteiger partial charge < -0.3 is 5.11 Å². The third kappa shape index (κ3) is 3.14. The number of carboxylic acid groups (broad SMARTS) is 1. The van der Waals surface area contributed by atoms with E-state index in [0.717, 1.165) is 16.4 Å². The Labute approximate surface area is 138 Å². The Hall–Kier alpha value is -1.61. The van der Waals surface area contributed by atoms with E-state index in [-0.39, 0.29) is 24.3 Å². The van der Waals surface area contributed by atoms with E-state index in [1.54, 1.807) is 6.92 Å². The lowest BCUT2D eigenvalue weighted by molar-refractivity contribution is -0.150. The summed E-state index contributed by atoms with van der Waals surface area (Å²) in [4.78, 5) is 11.4. The van der Waals surface area contributed by atoms with E-state index in [2.05, 4.69) is 0 Å². The minimum atomic E-state index is -4.57. The molecule has 0 aromatic heterocycles. The van der Waals surface area contributed by atoms with Crippen molar-refractivity contribution in [1.29, 1.82) is 0 Å². The highest BCUT2D eigenvalue weighted by Crippen LogP contribution is 2.37. The van der Waals surface area contributed by atoms with Gasteiger partial charge in [-0.15, -0.1) is 0 Å². The van der Waals surface area contributed by atoms with Gasteiger partial charge in [0, 0.05) is 6.54 Å². The van der Waals surface area contributed by atoms with Gasteiger partial charge in [-0.1, -0.05) is 6.92 Å². The first kappa shape index (κ1) is 18.7. The number of hydrogen-bond donors (Lipinski definition) is 1. The molecule has 0 aliphatic carbocycles. The fourth-order valence-corrected chi connectivity index (χ4v) is 4.89. The summed E-state index contributed by atoms with van der Waals surface area (Å²) in [5, 5.41) is 9.57. The molecule has 1 N–H and O–H groups in total. The molecule has 1 fully saturated rings. The maximum atomic E-state index is 12.8. The fraction of sp³-hybridized carbons (Fsp3) is 0.533. The van der Waals surface area contributed by atoms with E-state index in [1.807, 2.05) is 0 Å². The summed E-state index contributed by atoms with van der Waals surface area (Å²) in [6.45, 7) is 1.62. The smallest absolute Gasteiger partial charge is 0.416 e. The molecular weight excluding hydrogens is 347 g/mol. The Morgan fingerprint density at radius 3 is 2.29 bits per heavy atom. The molecule has 1 unspecified atom stereocenters. The van der Waals surface area contributed by atoms with Crippen molar-refractivity contribution in [1.82, 2.24) is 4.31 Å². The van der Waals surface area contributed by atoms with Gasteiger partial charge >= 0.3 is 12.1 Å². The molecule has 1 aromatic carbocycles. The van der Waals surface area contributed by atoms with Crippen molar-refractivity contribution in [3.05, 3.63) is 29.8 Å². The van der Waals surface area contributed by atoms with E-state index in [9.17, 15) is 31.5 Å². The number of hydrogen-bond acceptors (Lipinski definition) is 3. The zero-order valence-electron chi connectivity index (χ0n) is 13.0. The van der Waals surface area contributed by atoms with Crippen molar-refractivity contribution in [2.24, 2.45) is 0 Å². The molecule has 0 amide bonds. The first-order valence-electron chi connectivity index (χ1n) is 7.49. The maximum Gasteiger partial charge on any atom is 0.416 e. The van der Waals surface area contributed by atoms with Crippen molar-refractivity contribution in [2.45, 2.75) is 49.2 Å². The third-order valence-electron chi connectivity index (χ3n) is 4.43. The normalized spacial score (nSPS) is 23.2. The van der Waals surface area contributed by atoms with Crippen molar-refractivity contribution in [3.8, 4) is 0 Å². The van der Waals surface area contributed by atoms with Crippen LogP contribution in [0.15, 0.2) is 29.2 Å². The predicted octanol–water partition coefficient (Wildman–Crippen LogP) is 3.11. The molecule has 9 heteroatoms. The summed E-state index contributed by atoms with van der Waals surface area (Å²) in [6.07, 6.45) is -3.21. The zero-order chi connectivity index (χ0) is 18.2. The Morgan fingerprint density at radius 2 is 1.83 bits per heavy atom. The molecular formula is C15H18F3NO4S. The minimum Gasteiger partial charge on any atom is -0.480 e. The average Bonchev–Trinajstić information content (AvgIpc) is 2.53. The summed E-state index contributed by atoms with van der Waals surface area (Å²) < 4.78 is 64.4. The number of benzene rings is 1. The molecule has 1 heterocycles. The van der Waals surface area contributed by atoms with E-state index in [1.165, 1.54) is 0 Å². The number of nitrogens with zero attached hydrogens (tertiary/aromatic N) is 1. The molecule has 5 nitrogen and oxygen atoms in total. The van der Waals surface area contributed by atoms with E-state index >= 15 is 0 Å². The molecule has 0 radical (unpaired) electrons. The van der Waals surface area contributed by atoms with Gasteiger partial charge in [-0.25, -0.2) is 8.42 Å². The summed E-state index contributed by atoms with van der Waals surface area (Å²) >= 11 is 0. The monoisotopic (exact) mass is 365 g/mol. The van der Waals surface area contributed by atoms with Gasteiger partial charge in [0.05, 0.1) is 10.5 Å². The van der Waals surface area contributed by atoms with E-state index in [4.69, 9.17) is 0 Å². The zero-order valence-corrected chi connectivity index (χ0v) is 13.8. The van der Waals surface area contributed by atoms with Gasteiger partial charge in [0.2, 0.25) is 10.0 Å². The molecule has 1 atom stereocenters. The number of carboxylic acids is 1. The van der Waals surface area contributed by atoms with Gasteiger partial charge in [0.1, 0.15) is 5.54 Å². The van der Waals surface area contributed by atoms with Crippen molar-refractivity contribution < 1.29 is 31.5 Å². The van der Waals surface area contributed by atoms with Crippen LogP contribution in [0.3, 0.4) is 0 Å². The molecule has 1 aromatic rings. The van der Waals surface area contributed by atoms with Crippen LogP contribution in [0.4, 0.5) is 13.2 Å². The number of alkyl halides is 3. The van der Waals surface area contributed by atoms with Crippen LogP contribution in [-0.2, 0) is 21.0 Å². The second-order valence-corrected chi connectivity index (χ2v) is 7.61. The van der Waals surface area contributed by atoms with Crippen LogP contribution < -0.4 is 0 Å². The lowest BCUT2D eigenvalue weighted by atomic mass is 9.86. The molecule has 1 saturated heterocycles. The summed E-state index contributed by atoms with van der Waals surface area (Å²) in [5.41, 5.74) is -2.51. The molecule has 134 valence electrons. The van der Waals surface area contributed by atoms with Crippen LogP contribution >= 0.6 is 0 Å². The van der Waals surface area contributed by atoms with E-state index in [0.29, 0.717) is 25.0 Å². The average molecular weight is 365 g/mol. The lowest BCUT2D eigenvalue weighted by Gasteiger charge is -2.42. The Kier molecular flexibility index (Phi) is 4.96. The Morgan fingerprint density at radius 1 is 1.25 bits per heavy atom. The fourth-order valence-electron chi connectivity index (χ4n) is 3.02. The van der Waals surface area contributed by atoms with Crippen molar-refractivity contribution >= 4 is 16.0 Å². The second-order valence-electron chi connectivity index (χ2n) is 5.75. The van der Waals surface area contributed by atoms with Gasteiger partial charge in [-0.3, -0.25) is 4.79 Å². The van der Waals surface area contributed by atoms with Crippen molar-refractivity contribution in [3.63, 3.8) is 0 Å². The largest absolute Gasteiger partial charge is 0.480 e. The summed E-state index contributed by atoms with van der Waals surface area (Å²) in [7, 11) is -4.20. The van der Waals surface area contributed by atoms with Gasteiger partial charge in [0.25, 0.3) is 0 Å². The number of rotatable bonds is 4. The molecule has 24 heavy (non-hydrogen) atoms.